The molecule has 1 atom stereocenters. The van der Waals surface area contributed by atoms with Gasteiger partial charge in [0.05, 0.1) is 6.61 Å². The number of hydrogen-bond donors (Lipinski definition) is 1. The number of carbonyl (C=O) groups excluding carboxylic acids is 1. The lowest BCUT2D eigenvalue weighted by Gasteiger charge is -2.05. The summed E-state index contributed by atoms with van der Waals surface area (Å²) >= 11 is 0. The van der Waals surface area contributed by atoms with E-state index in [0.717, 1.165) is 0 Å². The highest BCUT2D eigenvalue weighted by molar-refractivity contribution is 5.64. The van der Waals surface area contributed by atoms with Gasteiger partial charge in [0.1, 0.15) is 19.5 Å². The molecule has 0 bridgehead atoms. The molecule has 1 rings (SSSR count). The fourth-order valence-corrected chi connectivity index (χ4v) is 0.643. The van der Waals surface area contributed by atoms with Crippen LogP contribution in [0.1, 0.15) is 0 Å². The van der Waals surface area contributed by atoms with E-state index in [1.165, 1.54) is 0 Å². The van der Waals surface area contributed by atoms with Crippen LogP contribution in [-0.2, 0) is 14.2 Å². The molecule has 5 nitrogen and oxygen atoms in total. The van der Waals surface area contributed by atoms with E-state index < -0.39 is 6.09 Å². The minimum atomic E-state index is -0.782. The van der Waals surface area contributed by atoms with Crippen LogP contribution in [0.5, 0.6) is 0 Å². The van der Waals surface area contributed by atoms with Crippen LogP contribution in [0.15, 0.2) is 0 Å². The molecule has 0 spiro atoms. The Bertz CT molecular complexity index is 121. The second-order valence-electron chi connectivity index (χ2n) is 1.91. The monoisotopic (exact) mass is 147 g/mol. The summed E-state index contributed by atoms with van der Waals surface area (Å²) in [6, 6.07) is 0. The molecule has 58 valence electrons. The number of nitrogens with two attached hydrogens (primary N) is 1. The summed E-state index contributed by atoms with van der Waals surface area (Å²) in [5, 5.41) is 0. The zero-order chi connectivity index (χ0) is 7.40. The Morgan fingerprint density at radius 1 is 1.80 bits per heavy atom. The summed E-state index contributed by atoms with van der Waals surface area (Å²) < 4.78 is 14.2. The Kier molecular flexibility index (Phi) is 2.47. The van der Waals surface area contributed by atoms with Crippen LogP contribution in [-0.4, -0.2) is 32.2 Å². The van der Waals surface area contributed by atoms with Crippen molar-refractivity contribution in [2.75, 3.05) is 20.0 Å². The van der Waals surface area contributed by atoms with Crippen molar-refractivity contribution in [1.29, 1.82) is 0 Å². The predicted molar refractivity (Wildman–Crippen MR) is 31.2 cm³/mol. The minimum absolute atomic E-state index is 0.146. The summed E-state index contributed by atoms with van der Waals surface area (Å²) in [7, 11) is 0. The zero-order valence-electron chi connectivity index (χ0n) is 5.41. The van der Waals surface area contributed by atoms with E-state index in [4.69, 9.17) is 15.2 Å². The van der Waals surface area contributed by atoms with Crippen molar-refractivity contribution in [3.8, 4) is 0 Å². The first kappa shape index (κ1) is 7.30. The van der Waals surface area contributed by atoms with E-state index in [0.29, 0.717) is 6.61 Å². The van der Waals surface area contributed by atoms with Crippen LogP contribution in [0.25, 0.3) is 0 Å². The van der Waals surface area contributed by atoms with Gasteiger partial charge in [-0.15, -0.1) is 0 Å². The maximum atomic E-state index is 10.1. The van der Waals surface area contributed by atoms with Gasteiger partial charge in [-0.05, 0) is 0 Å². The molecule has 0 saturated carbocycles. The zero-order valence-corrected chi connectivity index (χ0v) is 5.41. The standard InChI is InChI=1S/C5H9NO4/c6-5(7)9-2-4-1-8-3-10-4/h4H,1-3H2,(H2,6,7). The maximum absolute atomic E-state index is 10.1. The Balaban J connectivity index is 2.07. The first-order valence-corrected chi connectivity index (χ1v) is 2.90. The Labute approximate surface area is 58.0 Å². The average molecular weight is 147 g/mol. The maximum Gasteiger partial charge on any atom is 0.404 e. The van der Waals surface area contributed by atoms with Crippen molar-refractivity contribution < 1.29 is 19.0 Å². The van der Waals surface area contributed by atoms with E-state index in [-0.39, 0.29) is 19.5 Å². The second kappa shape index (κ2) is 3.38. The number of carbonyl (C=O) groups is 1. The molecule has 0 aliphatic carbocycles. The van der Waals surface area contributed by atoms with Gasteiger partial charge in [-0.25, -0.2) is 4.79 Å². The third kappa shape index (κ3) is 2.20. The molecule has 0 aromatic carbocycles. The molecule has 1 saturated heterocycles. The summed E-state index contributed by atoms with van der Waals surface area (Å²) in [4.78, 5) is 10.1. The lowest BCUT2D eigenvalue weighted by Crippen LogP contribution is -2.23. The highest BCUT2D eigenvalue weighted by Gasteiger charge is 2.16. The quantitative estimate of drug-likeness (QED) is 0.569. The molecule has 0 aromatic rings. The molecule has 1 heterocycles. The van der Waals surface area contributed by atoms with Gasteiger partial charge in [0.15, 0.2) is 0 Å². The van der Waals surface area contributed by atoms with Gasteiger partial charge >= 0.3 is 6.09 Å². The van der Waals surface area contributed by atoms with E-state index in [1.54, 1.807) is 0 Å². The molecule has 1 unspecified atom stereocenters. The smallest absolute Gasteiger partial charge is 0.404 e. The number of primary amides is 1. The van der Waals surface area contributed by atoms with Crippen molar-refractivity contribution >= 4 is 6.09 Å². The number of hydrogen-bond acceptors (Lipinski definition) is 4. The first-order valence-electron chi connectivity index (χ1n) is 2.90. The van der Waals surface area contributed by atoms with Crippen molar-refractivity contribution in [3.63, 3.8) is 0 Å². The van der Waals surface area contributed by atoms with Crippen molar-refractivity contribution in [2.24, 2.45) is 5.73 Å². The SMILES string of the molecule is NC(=O)OCC1COCO1. The number of ether oxygens (including phenoxy) is 3. The number of rotatable bonds is 2. The van der Waals surface area contributed by atoms with Gasteiger partial charge in [-0.3, -0.25) is 0 Å². The van der Waals surface area contributed by atoms with Gasteiger partial charge in [0.25, 0.3) is 0 Å². The van der Waals surface area contributed by atoms with Crippen LogP contribution < -0.4 is 5.73 Å². The lowest BCUT2D eigenvalue weighted by atomic mass is 10.4. The summed E-state index contributed by atoms with van der Waals surface area (Å²) in [5.74, 6) is 0. The fourth-order valence-electron chi connectivity index (χ4n) is 0.643. The molecule has 2 N–H and O–H groups in total. The molecule has 1 fully saturated rings. The third-order valence-electron chi connectivity index (χ3n) is 1.10. The molecular weight excluding hydrogens is 138 g/mol. The van der Waals surface area contributed by atoms with Crippen LogP contribution in [0.4, 0.5) is 4.79 Å². The molecule has 5 heteroatoms. The molecular formula is C5H9NO4. The summed E-state index contributed by atoms with van der Waals surface area (Å²) in [5.41, 5.74) is 4.71. The Morgan fingerprint density at radius 2 is 2.60 bits per heavy atom. The van der Waals surface area contributed by atoms with Gasteiger partial charge < -0.3 is 19.9 Å². The average Bonchev–Trinajstić information content (AvgIpc) is 2.34. The van der Waals surface area contributed by atoms with E-state index in [2.05, 4.69) is 4.74 Å². The second-order valence-corrected chi connectivity index (χ2v) is 1.91. The molecule has 0 radical (unpaired) electrons. The van der Waals surface area contributed by atoms with E-state index in [1.807, 2.05) is 0 Å². The Morgan fingerprint density at radius 3 is 3.10 bits per heavy atom. The van der Waals surface area contributed by atoms with Gasteiger partial charge in [-0.1, -0.05) is 0 Å². The van der Waals surface area contributed by atoms with Crippen LogP contribution in [0, 0.1) is 0 Å². The topological polar surface area (TPSA) is 70.8 Å². The number of amides is 1. The van der Waals surface area contributed by atoms with Crippen LogP contribution >= 0.6 is 0 Å². The summed E-state index contributed by atoms with van der Waals surface area (Å²) in [6.07, 6.45) is -0.928. The minimum Gasteiger partial charge on any atom is -0.447 e. The van der Waals surface area contributed by atoms with Crippen molar-refractivity contribution in [1.82, 2.24) is 0 Å². The first-order chi connectivity index (χ1) is 4.79. The largest absolute Gasteiger partial charge is 0.447 e. The van der Waals surface area contributed by atoms with Gasteiger partial charge in [-0.2, -0.15) is 0 Å². The van der Waals surface area contributed by atoms with Crippen molar-refractivity contribution in [3.05, 3.63) is 0 Å². The van der Waals surface area contributed by atoms with Crippen molar-refractivity contribution in [2.45, 2.75) is 6.10 Å². The lowest BCUT2D eigenvalue weighted by molar-refractivity contribution is 0.0233. The van der Waals surface area contributed by atoms with Crippen LogP contribution in [0.3, 0.4) is 0 Å². The van der Waals surface area contributed by atoms with E-state index >= 15 is 0 Å². The summed E-state index contributed by atoms with van der Waals surface area (Å²) in [6.45, 7) is 0.912. The fraction of sp³-hybridized carbons (Fsp3) is 0.800. The van der Waals surface area contributed by atoms with Gasteiger partial charge in [0.2, 0.25) is 0 Å². The molecule has 10 heavy (non-hydrogen) atoms. The third-order valence-corrected chi connectivity index (χ3v) is 1.10. The molecule has 1 amide bonds. The molecule has 0 aromatic heterocycles. The predicted octanol–water partition coefficient (Wildman–Crippen LogP) is -0.545. The molecule has 1 aliphatic rings. The van der Waals surface area contributed by atoms with Gasteiger partial charge in [0, 0.05) is 0 Å². The molecule has 1 aliphatic heterocycles. The van der Waals surface area contributed by atoms with Crippen LogP contribution in [0.2, 0.25) is 0 Å². The van der Waals surface area contributed by atoms with E-state index in [9.17, 15) is 4.79 Å². The normalized spacial score (nSPS) is 24.6. The highest BCUT2D eigenvalue weighted by Crippen LogP contribution is 2.02. The highest BCUT2D eigenvalue weighted by atomic mass is 16.7. The Hall–Kier alpha value is -0.810.